The molecule has 0 aliphatic carbocycles. The van der Waals surface area contributed by atoms with Gasteiger partial charge in [0, 0.05) is 28.6 Å². The lowest BCUT2D eigenvalue weighted by molar-refractivity contribution is -0.116. The number of Topliss-reactive ketones (excluding diaryl/α,β-unsaturated/α-hetero) is 1. The van der Waals surface area contributed by atoms with E-state index < -0.39 is 0 Å². The fourth-order valence-corrected chi connectivity index (χ4v) is 4.75. The Bertz CT molecular complexity index is 983. The third kappa shape index (κ3) is 4.28. The van der Waals surface area contributed by atoms with Gasteiger partial charge in [0.25, 0.3) is 0 Å². The van der Waals surface area contributed by atoms with Crippen LogP contribution in [0.2, 0.25) is 0 Å². The highest BCUT2D eigenvalue weighted by Gasteiger charge is 2.16. The highest BCUT2D eigenvalue weighted by atomic mass is 32.2. The zero-order chi connectivity index (χ0) is 18.6. The van der Waals surface area contributed by atoms with Crippen molar-refractivity contribution in [2.45, 2.75) is 23.6 Å². The summed E-state index contributed by atoms with van der Waals surface area (Å²) in [7, 11) is 0. The van der Waals surface area contributed by atoms with Gasteiger partial charge in [0.1, 0.15) is 0 Å². The molecule has 1 N–H and O–H groups in total. The molecule has 6 heteroatoms. The largest absolute Gasteiger partial charge is 0.326 e. The first-order valence-electron chi connectivity index (χ1n) is 8.79. The van der Waals surface area contributed by atoms with E-state index >= 15 is 0 Å². The molecule has 3 aromatic rings. The lowest BCUT2D eigenvalue weighted by Gasteiger charge is -2.08. The van der Waals surface area contributed by atoms with Crippen molar-refractivity contribution in [3.8, 4) is 11.3 Å². The monoisotopic (exact) mass is 394 g/mol. The van der Waals surface area contributed by atoms with Gasteiger partial charge in [-0.3, -0.25) is 9.59 Å². The van der Waals surface area contributed by atoms with Crippen LogP contribution in [0.25, 0.3) is 11.3 Å². The molecule has 0 bridgehead atoms. The Hall–Kier alpha value is -2.44. The Labute approximate surface area is 166 Å². The summed E-state index contributed by atoms with van der Waals surface area (Å²) >= 11 is 3.03. The SMILES string of the molecule is O=C1CCCc2cc(C(=O)CSc3nc(-c4ccccc4)cs3)ccc2N1. The molecule has 2 aromatic carbocycles. The van der Waals surface area contributed by atoms with Crippen molar-refractivity contribution in [2.24, 2.45) is 0 Å². The first-order valence-corrected chi connectivity index (χ1v) is 10.7. The fraction of sp³-hybridized carbons (Fsp3) is 0.190. The Morgan fingerprint density at radius 2 is 2.00 bits per heavy atom. The van der Waals surface area contributed by atoms with Crippen molar-refractivity contribution in [3.63, 3.8) is 0 Å². The first kappa shape index (κ1) is 17.9. The third-order valence-electron chi connectivity index (χ3n) is 4.43. The van der Waals surface area contributed by atoms with Gasteiger partial charge in [-0.2, -0.15) is 0 Å². The molecule has 4 rings (SSSR count). The minimum atomic E-state index is 0.0429. The summed E-state index contributed by atoms with van der Waals surface area (Å²) in [6, 6.07) is 15.6. The molecular formula is C21H18N2O2S2. The number of anilines is 1. The number of rotatable bonds is 5. The highest BCUT2D eigenvalue weighted by Crippen LogP contribution is 2.29. The Morgan fingerprint density at radius 1 is 1.15 bits per heavy atom. The zero-order valence-electron chi connectivity index (χ0n) is 14.6. The van der Waals surface area contributed by atoms with Gasteiger partial charge in [-0.1, -0.05) is 42.1 Å². The Balaban J connectivity index is 1.42. The van der Waals surface area contributed by atoms with E-state index in [1.54, 1.807) is 17.4 Å². The molecule has 4 nitrogen and oxygen atoms in total. The second kappa shape index (κ2) is 8.06. The van der Waals surface area contributed by atoms with Gasteiger partial charge < -0.3 is 5.32 Å². The maximum Gasteiger partial charge on any atom is 0.224 e. The number of ketones is 1. The zero-order valence-corrected chi connectivity index (χ0v) is 16.2. The molecule has 136 valence electrons. The number of thiazole rings is 1. The number of nitrogens with zero attached hydrogens (tertiary/aromatic N) is 1. The highest BCUT2D eigenvalue weighted by molar-refractivity contribution is 8.01. The summed E-state index contributed by atoms with van der Waals surface area (Å²) in [5, 5.41) is 4.92. The van der Waals surface area contributed by atoms with E-state index in [4.69, 9.17) is 0 Å². The van der Waals surface area contributed by atoms with Crippen LogP contribution in [-0.4, -0.2) is 22.4 Å². The molecule has 0 spiro atoms. The molecule has 1 amide bonds. The van der Waals surface area contributed by atoms with Crippen molar-refractivity contribution >= 4 is 40.5 Å². The molecule has 1 aromatic heterocycles. The fourth-order valence-electron chi connectivity index (χ4n) is 3.02. The van der Waals surface area contributed by atoms with E-state index in [9.17, 15) is 9.59 Å². The number of amides is 1. The van der Waals surface area contributed by atoms with E-state index in [2.05, 4.69) is 10.3 Å². The predicted molar refractivity (Wildman–Crippen MR) is 111 cm³/mol. The number of fused-ring (bicyclic) bond motifs is 1. The molecule has 27 heavy (non-hydrogen) atoms. The van der Waals surface area contributed by atoms with Gasteiger partial charge in [0.15, 0.2) is 10.1 Å². The van der Waals surface area contributed by atoms with Gasteiger partial charge in [-0.25, -0.2) is 4.98 Å². The molecule has 1 aliphatic heterocycles. The van der Waals surface area contributed by atoms with Crippen LogP contribution < -0.4 is 5.32 Å². The van der Waals surface area contributed by atoms with E-state index in [0.29, 0.717) is 17.7 Å². The number of carbonyl (C=O) groups is 2. The predicted octanol–water partition coefficient (Wildman–Crippen LogP) is 5.06. The minimum Gasteiger partial charge on any atom is -0.326 e. The van der Waals surface area contributed by atoms with Crippen LogP contribution in [0, 0.1) is 0 Å². The average Bonchev–Trinajstić information content (AvgIpc) is 3.09. The molecule has 0 saturated heterocycles. The molecule has 2 heterocycles. The van der Waals surface area contributed by atoms with Crippen LogP contribution in [0.5, 0.6) is 0 Å². The van der Waals surface area contributed by atoms with Crippen molar-refractivity contribution in [1.82, 2.24) is 4.98 Å². The number of aryl methyl sites for hydroxylation is 1. The van der Waals surface area contributed by atoms with Gasteiger partial charge in [-0.05, 0) is 36.6 Å². The number of nitrogens with one attached hydrogen (secondary N) is 1. The summed E-state index contributed by atoms with van der Waals surface area (Å²) in [6.07, 6.45) is 2.16. The number of carbonyl (C=O) groups excluding carboxylic acids is 2. The van der Waals surface area contributed by atoms with Gasteiger partial charge in [0.05, 0.1) is 11.4 Å². The number of aromatic nitrogens is 1. The molecule has 0 radical (unpaired) electrons. The van der Waals surface area contributed by atoms with Crippen molar-refractivity contribution in [2.75, 3.05) is 11.1 Å². The standard InChI is InChI=1S/C21H18N2O2S2/c24-19(16-9-10-17-15(11-16)7-4-8-20(25)22-17)13-27-21-23-18(12-26-21)14-5-2-1-3-6-14/h1-3,5-6,9-12H,4,7-8,13H2,(H,22,25). The van der Waals surface area contributed by atoms with Crippen LogP contribution in [0.1, 0.15) is 28.8 Å². The topological polar surface area (TPSA) is 59.1 Å². The van der Waals surface area contributed by atoms with Crippen LogP contribution in [0.4, 0.5) is 5.69 Å². The van der Waals surface area contributed by atoms with Crippen molar-refractivity contribution < 1.29 is 9.59 Å². The van der Waals surface area contributed by atoms with Crippen molar-refractivity contribution in [3.05, 3.63) is 65.0 Å². The molecule has 0 unspecified atom stereocenters. The lowest BCUT2D eigenvalue weighted by atomic mass is 10.0. The van der Waals surface area contributed by atoms with E-state index in [1.165, 1.54) is 11.8 Å². The number of benzene rings is 2. The van der Waals surface area contributed by atoms with E-state index in [-0.39, 0.29) is 11.7 Å². The van der Waals surface area contributed by atoms with E-state index in [1.807, 2.05) is 47.8 Å². The van der Waals surface area contributed by atoms with Crippen LogP contribution >= 0.6 is 23.1 Å². The maximum absolute atomic E-state index is 12.6. The Morgan fingerprint density at radius 3 is 2.85 bits per heavy atom. The average molecular weight is 395 g/mol. The number of thioether (sulfide) groups is 1. The van der Waals surface area contributed by atoms with Gasteiger partial charge in [0.2, 0.25) is 5.91 Å². The van der Waals surface area contributed by atoms with Crippen LogP contribution in [-0.2, 0) is 11.2 Å². The summed E-state index contributed by atoms with van der Waals surface area (Å²) in [6.45, 7) is 0. The molecule has 1 aliphatic rings. The summed E-state index contributed by atoms with van der Waals surface area (Å²) in [5.74, 6) is 0.476. The minimum absolute atomic E-state index is 0.0429. The second-order valence-electron chi connectivity index (χ2n) is 6.35. The Kier molecular flexibility index (Phi) is 5.36. The van der Waals surface area contributed by atoms with Crippen LogP contribution in [0.3, 0.4) is 0 Å². The molecule has 0 atom stereocenters. The van der Waals surface area contributed by atoms with Gasteiger partial charge >= 0.3 is 0 Å². The first-order chi connectivity index (χ1) is 13.2. The summed E-state index contributed by atoms with van der Waals surface area (Å²) in [4.78, 5) is 28.9. The van der Waals surface area contributed by atoms with Crippen LogP contribution in [0.15, 0.2) is 58.3 Å². The summed E-state index contributed by atoms with van der Waals surface area (Å²) in [5.41, 5.74) is 4.58. The normalized spacial score (nSPS) is 13.6. The number of hydrogen-bond acceptors (Lipinski definition) is 5. The van der Waals surface area contributed by atoms with Crippen molar-refractivity contribution in [1.29, 1.82) is 0 Å². The lowest BCUT2D eigenvalue weighted by Crippen LogP contribution is -2.10. The maximum atomic E-state index is 12.6. The smallest absolute Gasteiger partial charge is 0.224 e. The summed E-state index contributed by atoms with van der Waals surface area (Å²) < 4.78 is 0.893. The third-order valence-corrected chi connectivity index (χ3v) is 6.45. The number of hydrogen-bond donors (Lipinski definition) is 1. The second-order valence-corrected chi connectivity index (χ2v) is 8.43. The molecule has 0 fully saturated rings. The molecule has 0 saturated carbocycles. The molecular weight excluding hydrogens is 376 g/mol. The quantitative estimate of drug-likeness (QED) is 0.485. The van der Waals surface area contributed by atoms with E-state index in [0.717, 1.165) is 39.7 Å². The van der Waals surface area contributed by atoms with Gasteiger partial charge in [-0.15, -0.1) is 11.3 Å².